The van der Waals surface area contributed by atoms with Crippen molar-refractivity contribution < 1.29 is 23.9 Å². The Hall–Kier alpha value is -2.23. The summed E-state index contributed by atoms with van der Waals surface area (Å²) >= 11 is 0. The molecule has 0 fully saturated rings. The average molecular weight is 449 g/mol. The van der Waals surface area contributed by atoms with E-state index < -0.39 is 12.0 Å². The summed E-state index contributed by atoms with van der Waals surface area (Å²) in [7, 11) is 6.35. The second kappa shape index (κ2) is 9.72. The first-order valence-corrected chi connectivity index (χ1v) is 11.9. The van der Waals surface area contributed by atoms with Crippen molar-refractivity contribution in [3.05, 3.63) is 46.8 Å². The molecule has 3 N–H and O–H groups in total. The Kier molecular flexibility index (Phi) is 7.27. The number of aliphatic imine (C=N–C) groups is 1. The van der Waals surface area contributed by atoms with Crippen LogP contribution in [0.4, 0.5) is 5.69 Å². The molecule has 2 aromatic rings. The number of hydrogen-bond donors (Lipinski definition) is 2. The van der Waals surface area contributed by atoms with E-state index in [2.05, 4.69) is 10.8 Å². The number of rotatable bonds is 8. The molecule has 9 heteroatoms. The van der Waals surface area contributed by atoms with Crippen LogP contribution in [-0.2, 0) is 17.0 Å². The number of aliphatic carboxylic acids is 1. The number of aromatic nitrogens is 1. The summed E-state index contributed by atoms with van der Waals surface area (Å²) in [6, 6.07) is 5.08. The zero-order chi connectivity index (χ0) is 21.8. The molecule has 30 heavy (non-hydrogen) atoms. The fourth-order valence-electron chi connectivity index (χ4n) is 3.36. The normalized spacial score (nSPS) is 13.6. The largest absolute Gasteiger partial charge is 0.497 e. The Morgan fingerprint density at radius 1 is 1.30 bits per heavy atom. The van der Waals surface area contributed by atoms with Gasteiger partial charge in [0.05, 0.1) is 26.4 Å². The predicted molar refractivity (Wildman–Crippen MR) is 121 cm³/mol. The van der Waals surface area contributed by atoms with Crippen LogP contribution in [-0.4, -0.2) is 42.9 Å². The number of pyridine rings is 1. The second-order valence-corrected chi connectivity index (χ2v) is 9.49. The topological polar surface area (TPSA) is 98.0 Å². The number of carboxylic acids is 1. The zero-order valence-electron chi connectivity index (χ0n) is 17.5. The summed E-state index contributed by atoms with van der Waals surface area (Å²) in [5.74, 6) is 2.60. The van der Waals surface area contributed by atoms with Crippen molar-refractivity contribution in [2.24, 2.45) is 10.7 Å². The Labute approximate surface area is 184 Å². The van der Waals surface area contributed by atoms with Crippen molar-refractivity contribution in [3.63, 3.8) is 0 Å². The predicted octanol–water partition coefficient (Wildman–Crippen LogP) is 3.04. The lowest BCUT2D eigenvalue weighted by atomic mass is 10.1. The molecule has 3 rings (SSSR count). The maximum Gasteiger partial charge on any atom is 0.321 e. The van der Waals surface area contributed by atoms with Crippen LogP contribution >= 0.6 is 21.6 Å². The van der Waals surface area contributed by atoms with E-state index in [0.29, 0.717) is 11.5 Å². The Morgan fingerprint density at radius 3 is 2.73 bits per heavy atom. The number of ether oxygens (including phenoxy) is 2. The van der Waals surface area contributed by atoms with Gasteiger partial charge in [-0.15, -0.1) is 0 Å². The standard InChI is InChI=1S/C21H25N3O4S2/c1-12-9-24(19-7-14-5-6-15(27-3)8-17(14)23-19)18(13(2)20(12)28-4)11-30-29-10-16(22)21(25)26/h5-6,8-9,16H,7,10-11,22H2,1-4H3/p+1. The van der Waals surface area contributed by atoms with Gasteiger partial charge >= 0.3 is 11.8 Å². The van der Waals surface area contributed by atoms with Crippen molar-refractivity contribution in [3.8, 4) is 11.5 Å². The van der Waals surface area contributed by atoms with Crippen LogP contribution in [0.15, 0.2) is 29.4 Å². The number of nitrogens with two attached hydrogens (primary N) is 1. The molecular weight excluding hydrogens is 422 g/mol. The lowest BCUT2D eigenvalue weighted by molar-refractivity contribution is -0.566. The lowest BCUT2D eigenvalue weighted by Crippen LogP contribution is -2.47. The van der Waals surface area contributed by atoms with Crippen molar-refractivity contribution >= 4 is 39.1 Å². The molecule has 1 aromatic carbocycles. The van der Waals surface area contributed by atoms with E-state index in [1.54, 1.807) is 25.0 Å². The fourth-order valence-corrected chi connectivity index (χ4v) is 5.61. The van der Waals surface area contributed by atoms with E-state index in [-0.39, 0.29) is 0 Å². The Balaban J connectivity index is 1.89. The van der Waals surface area contributed by atoms with Crippen molar-refractivity contribution in [1.29, 1.82) is 0 Å². The Morgan fingerprint density at radius 2 is 2.07 bits per heavy atom. The third-order valence-corrected chi connectivity index (χ3v) is 7.28. The number of benzene rings is 1. The SMILES string of the molecule is COc1ccc2c(c1)N=C([n+]1cc(C)c(OC)c(C)c1CSSCC(N)C(=O)O)C2. The van der Waals surface area contributed by atoms with E-state index in [9.17, 15) is 4.79 Å². The van der Waals surface area contributed by atoms with Gasteiger partial charge in [-0.05, 0) is 24.9 Å². The minimum absolute atomic E-state index is 0.341. The molecular formula is C21H26N3O4S2+. The van der Waals surface area contributed by atoms with E-state index >= 15 is 0 Å². The van der Waals surface area contributed by atoms with Crippen molar-refractivity contribution in [1.82, 2.24) is 0 Å². The summed E-state index contributed by atoms with van der Waals surface area (Å²) in [5, 5.41) is 8.96. The molecule has 2 heterocycles. The van der Waals surface area contributed by atoms with Gasteiger partial charge in [0.1, 0.15) is 29.4 Å². The van der Waals surface area contributed by atoms with E-state index in [1.807, 2.05) is 32.0 Å². The molecule has 0 radical (unpaired) electrons. The van der Waals surface area contributed by atoms with Gasteiger partial charge in [0.15, 0.2) is 5.69 Å². The first kappa shape index (κ1) is 22.5. The van der Waals surface area contributed by atoms with Crippen LogP contribution in [0.3, 0.4) is 0 Å². The highest BCUT2D eigenvalue weighted by molar-refractivity contribution is 8.76. The minimum Gasteiger partial charge on any atom is -0.497 e. The molecule has 160 valence electrons. The van der Waals surface area contributed by atoms with E-state index in [0.717, 1.165) is 51.8 Å². The van der Waals surface area contributed by atoms with Gasteiger partial charge in [-0.25, -0.2) is 4.57 Å². The summed E-state index contributed by atoms with van der Waals surface area (Å²) < 4.78 is 13.1. The molecule has 0 saturated heterocycles. The van der Waals surface area contributed by atoms with Crippen molar-refractivity contribution in [2.75, 3.05) is 20.0 Å². The molecule has 7 nitrogen and oxygen atoms in total. The summed E-state index contributed by atoms with van der Waals surface area (Å²) in [6.07, 6.45) is 2.78. The first-order valence-electron chi connectivity index (χ1n) is 9.42. The molecule has 0 aliphatic carbocycles. The molecule has 1 aliphatic heterocycles. The van der Waals surface area contributed by atoms with Gasteiger partial charge in [0.2, 0.25) is 0 Å². The number of carbonyl (C=O) groups is 1. The number of methoxy groups -OCH3 is 2. The molecule has 1 aliphatic rings. The highest BCUT2D eigenvalue weighted by Crippen LogP contribution is 2.33. The maximum atomic E-state index is 10.9. The van der Waals surface area contributed by atoms with Crippen molar-refractivity contribution in [2.45, 2.75) is 32.1 Å². The molecule has 1 atom stereocenters. The van der Waals surface area contributed by atoms with Gasteiger partial charge in [-0.1, -0.05) is 27.7 Å². The molecule has 1 aromatic heterocycles. The number of aryl methyl sites for hydroxylation is 1. The molecule has 0 amide bonds. The van der Waals surface area contributed by atoms with Gasteiger partial charge in [0.25, 0.3) is 0 Å². The third-order valence-electron chi connectivity index (χ3n) is 4.96. The number of fused-ring (bicyclic) bond motifs is 1. The monoisotopic (exact) mass is 448 g/mol. The Bertz CT molecular complexity index is 995. The minimum atomic E-state index is -0.986. The molecule has 1 unspecified atom stereocenters. The smallest absolute Gasteiger partial charge is 0.321 e. The molecule has 0 saturated carbocycles. The van der Waals surface area contributed by atoms with Crippen LogP contribution in [0.2, 0.25) is 0 Å². The quantitative estimate of drug-likeness (QED) is 0.364. The molecule has 0 bridgehead atoms. The highest BCUT2D eigenvalue weighted by atomic mass is 33.1. The van der Waals surface area contributed by atoms with Gasteiger partial charge < -0.3 is 20.3 Å². The van der Waals surface area contributed by atoms with Crippen LogP contribution in [0.1, 0.15) is 22.4 Å². The van der Waals surface area contributed by atoms with Gasteiger partial charge in [-0.2, -0.15) is 0 Å². The van der Waals surface area contributed by atoms with Crippen LogP contribution in [0.5, 0.6) is 11.5 Å². The van der Waals surface area contributed by atoms with Crippen LogP contribution < -0.4 is 19.8 Å². The number of nitrogens with zero attached hydrogens (tertiary/aromatic N) is 2. The van der Waals surface area contributed by atoms with Crippen LogP contribution in [0, 0.1) is 13.8 Å². The summed E-state index contributed by atoms with van der Waals surface area (Å²) in [4.78, 5) is 15.8. The maximum absolute atomic E-state index is 10.9. The van der Waals surface area contributed by atoms with Gasteiger partial charge in [-0.3, -0.25) is 4.79 Å². The average Bonchev–Trinajstić information content (AvgIpc) is 3.15. The number of hydrogen-bond acceptors (Lipinski definition) is 7. The highest BCUT2D eigenvalue weighted by Gasteiger charge is 2.29. The second-order valence-electron chi connectivity index (χ2n) is 6.98. The lowest BCUT2D eigenvalue weighted by Gasteiger charge is -2.15. The summed E-state index contributed by atoms with van der Waals surface area (Å²) in [6.45, 7) is 4.06. The van der Waals surface area contributed by atoms with Gasteiger partial charge in [0, 0.05) is 28.5 Å². The number of carboxylic acid groups (broad SMARTS) is 1. The van der Waals surface area contributed by atoms with E-state index in [1.165, 1.54) is 10.8 Å². The molecule has 0 spiro atoms. The fraction of sp³-hybridized carbons (Fsp3) is 0.381. The summed E-state index contributed by atoms with van der Waals surface area (Å²) in [5.41, 5.74) is 10.8. The van der Waals surface area contributed by atoms with E-state index in [4.69, 9.17) is 25.3 Å². The third kappa shape index (κ3) is 4.74. The van der Waals surface area contributed by atoms with Crippen LogP contribution in [0.25, 0.3) is 0 Å². The zero-order valence-corrected chi connectivity index (χ0v) is 19.1. The first-order chi connectivity index (χ1) is 14.3.